The fourth-order valence-electron chi connectivity index (χ4n) is 3.94. The number of hydrogen-bond acceptors (Lipinski definition) is 2. The smallest absolute Gasteiger partial charge is 0.238 e. The molecule has 0 aromatic heterocycles. The molecule has 1 heterocycles. The lowest BCUT2D eigenvalue weighted by atomic mass is 9.63. The van der Waals surface area contributed by atoms with Crippen LogP contribution in [0.1, 0.15) is 12.8 Å². The first-order valence-corrected chi connectivity index (χ1v) is 7.37. The summed E-state index contributed by atoms with van der Waals surface area (Å²) in [5.41, 5.74) is 0.526. The van der Waals surface area contributed by atoms with Gasteiger partial charge >= 0.3 is 0 Å². The lowest BCUT2D eigenvalue weighted by Crippen LogP contribution is -2.38. The second-order valence-corrected chi connectivity index (χ2v) is 6.21. The Kier molecular flexibility index (Phi) is 2.55. The van der Waals surface area contributed by atoms with Gasteiger partial charge in [0.15, 0.2) is 0 Å². The Morgan fingerprint density at radius 2 is 1.50 bits per heavy atom. The van der Waals surface area contributed by atoms with Crippen LogP contribution in [-0.4, -0.2) is 11.8 Å². The Labute approximate surface area is 122 Å². The van der Waals surface area contributed by atoms with Crippen molar-refractivity contribution in [3.63, 3.8) is 0 Å². The first kappa shape index (κ1) is 12.2. The maximum absolute atomic E-state index is 12.7. The van der Waals surface area contributed by atoms with Gasteiger partial charge in [-0.2, -0.15) is 0 Å². The Bertz CT molecular complexity index is 607. The number of benzene rings is 1. The molecule has 2 bridgehead atoms. The Balaban J connectivity index is 1.80. The van der Waals surface area contributed by atoms with Crippen LogP contribution >= 0.6 is 11.6 Å². The maximum Gasteiger partial charge on any atom is 0.238 e. The molecule has 4 atom stereocenters. The van der Waals surface area contributed by atoms with Gasteiger partial charge in [-0.25, -0.2) is 4.90 Å². The SMILES string of the molecule is O=C1[C@@H]2[C@@H](C(=O)N1c1ccccc1Cl)[C@H]1C=C[C@@H]2CC1. The molecule has 4 aliphatic rings. The van der Waals surface area contributed by atoms with Crippen molar-refractivity contribution in [1.82, 2.24) is 0 Å². The van der Waals surface area contributed by atoms with E-state index < -0.39 is 0 Å². The van der Waals surface area contributed by atoms with Crippen LogP contribution in [0.25, 0.3) is 0 Å². The van der Waals surface area contributed by atoms with E-state index in [1.807, 2.05) is 0 Å². The number of rotatable bonds is 1. The highest BCUT2D eigenvalue weighted by molar-refractivity contribution is 6.36. The van der Waals surface area contributed by atoms with Gasteiger partial charge in [0.25, 0.3) is 0 Å². The monoisotopic (exact) mass is 287 g/mol. The van der Waals surface area contributed by atoms with Crippen LogP contribution in [-0.2, 0) is 9.59 Å². The third-order valence-electron chi connectivity index (χ3n) is 4.85. The zero-order valence-electron chi connectivity index (χ0n) is 10.8. The van der Waals surface area contributed by atoms with Gasteiger partial charge in [0.1, 0.15) is 0 Å². The standard InChI is InChI=1S/C16H14ClNO2/c17-11-3-1-2-4-12(11)18-15(19)13-9-5-6-10(8-7-9)14(13)16(18)20/h1-6,9-10,13-14H,7-8H2/t9-,10+,13-,14-/m0/s1. The van der Waals surface area contributed by atoms with E-state index in [2.05, 4.69) is 12.2 Å². The van der Waals surface area contributed by atoms with Crippen molar-refractivity contribution in [2.24, 2.45) is 23.7 Å². The van der Waals surface area contributed by atoms with Crippen LogP contribution in [0.4, 0.5) is 5.69 Å². The highest BCUT2D eigenvalue weighted by atomic mass is 35.5. The Hall–Kier alpha value is -1.61. The zero-order chi connectivity index (χ0) is 13.9. The van der Waals surface area contributed by atoms with Crippen molar-refractivity contribution in [1.29, 1.82) is 0 Å². The van der Waals surface area contributed by atoms with Crippen LogP contribution < -0.4 is 4.90 Å². The van der Waals surface area contributed by atoms with Gasteiger partial charge in [-0.15, -0.1) is 0 Å². The average Bonchev–Trinajstić information content (AvgIpc) is 2.75. The molecule has 0 unspecified atom stereocenters. The predicted octanol–water partition coefficient (Wildman–Crippen LogP) is 3.04. The van der Waals surface area contributed by atoms with Gasteiger partial charge in [-0.3, -0.25) is 9.59 Å². The van der Waals surface area contributed by atoms with Crippen molar-refractivity contribution in [3.8, 4) is 0 Å². The second kappa shape index (κ2) is 4.19. The minimum atomic E-state index is -0.178. The van der Waals surface area contributed by atoms with Gasteiger partial charge in [0.05, 0.1) is 22.5 Å². The van der Waals surface area contributed by atoms with Crippen molar-refractivity contribution in [2.45, 2.75) is 12.8 Å². The third-order valence-corrected chi connectivity index (χ3v) is 5.17. The van der Waals surface area contributed by atoms with E-state index in [4.69, 9.17) is 11.6 Å². The molecule has 1 aliphatic heterocycles. The average molecular weight is 288 g/mol. The molecule has 5 rings (SSSR count). The molecule has 1 saturated carbocycles. The molecule has 1 saturated heterocycles. The highest BCUT2D eigenvalue weighted by Gasteiger charge is 2.57. The van der Waals surface area contributed by atoms with Crippen LogP contribution in [0.2, 0.25) is 5.02 Å². The molecule has 4 heteroatoms. The molecule has 0 N–H and O–H groups in total. The van der Waals surface area contributed by atoms with Crippen LogP contribution in [0, 0.1) is 23.7 Å². The number of allylic oxidation sites excluding steroid dienone is 2. The number of amides is 2. The fraction of sp³-hybridized carbons (Fsp3) is 0.375. The van der Waals surface area contributed by atoms with E-state index in [-0.39, 0.29) is 35.5 Å². The Morgan fingerprint density at radius 3 is 2.00 bits per heavy atom. The topological polar surface area (TPSA) is 37.4 Å². The molecule has 2 amide bonds. The fourth-order valence-corrected chi connectivity index (χ4v) is 4.16. The van der Waals surface area contributed by atoms with Gasteiger partial charge in [0, 0.05) is 0 Å². The molecule has 1 aromatic carbocycles. The molecule has 102 valence electrons. The Morgan fingerprint density at radius 1 is 0.950 bits per heavy atom. The quantitative estimate of drug-likeness (QED) is 0.588. The normalized spacial score (nSPS) is 34.8. The summed E-state index contributed by atoms with van der Waals surface area (Å²) in [6.07, 6.45) is 6.27. The van der Waals surface area contributed by atoms with Gasteiger partial charge in [-0.05, 0) is 36.8 Å². The van der Waals surface area contributed by atoms with E-state index in [0.29, 0.717) is 10.7 Å². The largest absolute Gasteiger partial charge is 0.274 e. The molecule has 3 nitrogen and oxygen atoms in total. The zero-order valence-corrected chi connectivity index (χ0v) is 11.6. The summed E-state index contributed by atoms with van der Waals surface area (Å²) in [6, 6.07) is 7.06. The van der Waals surface area contributed by atoms with Gasteiger partial charge in [0.2, 0.25) is 11.8 Å². The van der Waals surface area contributed by atoms with E-state index >= 15 is 0 Å². The minimum absolute atomic E-state index is 0.0767. The molecule has 1 aromatic rings. The van der Waals surface area contributed by atoms with Gasteiger partial charge in [-0.1, -0.05) is 35.9 Å². The predicted molar refractivity (Wildman–Crippen MR) is 76.3 cm³/mol. The van der Waals surface area contributed by atoms with E-state index in [1.165, 1.54) is 4.90 Å². The highest BCUT2D eigenvalue weighted by Crippen LogP contribution is 2.50. The number of anilines is 1. The van der Waals surface area contributed by atoms with Gasteiger partial charge < -0.3 is 0 Å². The number of para-hydroxylation sites is 1. The molecule has 2 fully saturated rings. The molecular weight excluding hydrogens is 274 g/mol. The number of fused-ring (bicyclic) bond motifs is 1. The summed E-state index contributed by atoms with van der Waals surface area (Å²) < 4.78 is 0. The van der Waals surface area contributed by atoms with E-state index in [1.54, 1.807) is 24.3 Å². The number of hydrogen-bond donors (Lipinski definition) is 0. The molecular formula is C16H14ClNO2. The number of carbonyl (C=O) groups is 2. The van der Waals surface area contributed by atoms with Crippen molar-refractivity contribution < 1.29 is 9.59 Å². The first-order chi connectivity index (χ1) is 9.68. The summed E-state index contributed by atoms with van der Waals surface area (Å²) >= 11 is 6.16. The molecule has 0 spiro atoms. The maximum atomic E-state index is 12.7. The van der Waals surface area contributed by atoms with E-state index in [9.17, 15) is 9.59 Å². The van der Waals surface area contributed by atoms with Crippen LogP contribution in [0.5, 0.6) is 0 Å². The second-order valence-electron chi connectivity index (χ2n) is 5.80. The van der Waals surface area contributed by atoms with Crippen molar-refractivity contribution >= 4 is 29.1 Å². The van der Waals surface area contributed by atoms with Crippen LogP contribution in [0.3, 0.4) is 0 Å². The van der Waals surface area contributed by atoms with E-state index in [0.717, 1.165) is 12.8 Å². The lowest BCUT2D eigenvalue weighted by molar-refractivity contribution is -0.124. The van der Waals surface area contributed by atoms with Crippen molar-refractivity contribution in [3.05, 3.63) is 41.4 Å². The first-order valence-electron chi connectivity index (χ1n) is 6.99. The summed E-state index contributed by atoms with van der Waals surface area (Å²) in [4.78, 5) is 26.7. The number of carbonyl (C=O) groups excluding carboxylic acids is 2. The molecule has 3 aliphatic carbocycles. The number of nitrogens with zero attached hydrogens (tertiary/aromatic N) is 1. The summed E-state index contributed by atoms with van der Waals surface area (Å²) in [5, 5.41) is 0.452. The lowest BCUT2D eigenvalue weighted by Gasteiger charge is -2.38. The van der Waals surface area contributed by atoms with Crippen LogP contribution in [0.15, 0.2) is 36.4 Å². The summed E-state index contributed by atoms with van der Waals surface area (Å²) in [7, 11) is 0. The minimum Gasteiger partial charge on any atom is -0.274 e. The number of halogens is 1. The molecule has 0 radical (unpaired) electrons. The summed E-state index contributed by atoms with van der Waals surface area (Å²) in [6.45, 7) is 0. The molecule has 20 heavy (non-hydrogen) atoms. The number of imide groups is 1. The third kappa shape index (κ3) is 1.47. The van der Waals surface area contributed by atoms with Crippen molar-refractivity contribution in [2.75, 3.05) is 4.90 Å². The summed E-state index contributed by atoms with van der Waals surface area (Å²) in [5.74, 6) is -0.0766.